The molecule has 0 aromatic rings. The molecule has 108 valence electrons. The first-order chi connectivity index (χ1) is 8.49. The fourth-order valence-corrected chi connectivity index (χ4v) is 1.57. The molecule has 0 atom stereocenters. The summed E-state index contributed by atoms with van der Waals surface area (Å²) < 4.78 is 5.01. The lowest BCUT2D eigenvalue weighted by Gasteiger charge is -2.18. The molecule has 0 radical (unpaired) electrons. The van der Waals surface area contributed by atoms with E-state index in [0.717, 1.165) is 38.6 Å². The van der Waals surface area contributed by atoms with Gasteiger partial charge in [-0.2, -0.15) is 0 Å². The van der Waals surface area contributed by atoms with Gasteiger partial charge in [-0.15, -0.1) is 0 Å². The molecule has 0 spiro atoms. The summed E-state index contributed by atoms with van der Waals surface area (Å²) in [6.07, 6.45) is 3.37. The second-order valence-corrected chi connectivity index (χ2v) is 5.70. The van der Waals surface area contributed by atoms with E-state index in [-0.39, 0.29) is 0 Å². The van der Waals surface area contributed by atoms with Gasteiger partial charge in [-0.05, 0) is 31.6 Å². The number of hydrogen-bond donors (Lipinski definition) is 2. The highest BCUT2D eigenvalue weighted by Crippen LogP contribution is 2.19. The van der Waals surface area contributed by atoms with Crippen LogP contribution in [0.4, 0.5) is 0 Å². The number of rotatable bonds is 8. The van der Waals surface area contributed by atoms with Crippen LogP contribution in [0.3, 0.4) is 0 Å². The third-order valence-electron chi connectivity index (χ3n) is 2.52. The van der Waals surface area contributed by atoms with E-state index >= 15 is 0 Å². The molecule has 0 saturated heterocycles. The summed E-state index contributed by atoms with van der Waals surface area (Å²) in [5.41, 5.74) is 0.412. The van der Waals surface area contributed by atoms with E-state index in [1.165, 1.54) is 12.8 Å². The molecular formula is C14H31N3O. The van der Waals surface area contributed by atoms with Gasteiger partial charge in [0.15, 0.2) is 5.96 Å². The van der Waals surface area contributed by atoms with Crippen LogP contribution in [0.1, 0.15) is 47.0 Å². The molecule has 0 aliphatic heterocycles. The summed E-state index contributed by atoms with van der Waals surface area (Å²) >= 11 is 0. The zero-order chi connectivity index (χ0) is 13.9. The van der Waals surface area contributed by atoms with E-state index in [1.807, 2.05) is 0 Å². The topological polar surface area (TPSA) is 45.7 Å². The third kappa shape index (κ3) is 11.7. The lowest BCUT2D eigenvalue weighted by molar-refractivity contribution is 0.197. The van der Waals surface area contributed by atoms with Crippen LogP contribution in [-0.4, -0.2) is 39.3 Å². The van der Waals surface area contributed by atoms with Crippen molar-refractivity contribution in [2.75, 3.05) is 33.4 Å². The molecule has 0 fully saturated rings. The Balaban J connectivity index is 3.81. The van der Waals surface area contributed by atoms with Crippen molar-refractivity contribution in [3.63, 3.8) is 0 Å². The standard InChI is InChI=1S/C14H31N3O/c1-6-15-13(17-11-8-12-18-5)16-10-7-9-14(2,3)4/h6-12H2,1-5H3,(H2,15,16,17). The molecule has 2 N–H and O–H groups in total. The predicted octanol–water partition coefficient (Wildman–Crippen LogP) is 2.40. The van der Waals surface area contributed by atoms with Gasteiger partial charge in [-0.25, -0.2) is 0 Å². The summed E-state index contributed by atoms with van der Waals surface area (Å²) in [5, 5.41) is 6.62. The fraction of sp³-hybridized carbons (Fsp3) is 0.929. The second-order valence-electron chi connectivity index (χ2n) is 5.70. The van der Waals surface area contributed by atoms with Gasteiger partial charge in [0.25, 0.3) is 0 Å². The van der Waals surface area contributed by atoms with Gasteiger partial charge in [-0.1, -0.05) is 20.8 Å². The molecule has 0 unspecified atom stereocenters. The minimum absolute atomic E-state index is 0.412. The molecule has 18 heavy (non-hydrogen) atoms. The number of nitrogens with zero attached hydrogens (tertiary/aromatic N) is 1. The number of hydrogen-bond acceptors (Lipinski definition) is 2. The average molecular weight is 257 g/mol. The fourth-order valence-electron chi connectivity index (χ4n) is 1.57. The summed E-state index contributed by atoms with van der Waals surface area (Å²) in [6.45, 7) is 12.4. The van der Waals surface area contributed by atoms with Gasteiger partial charge in [0, 0.05) is 33.4 Å². The highest BCUT2D eigenvalue weighted by atomic mass is 16.5. The molecule has 0 aliphatic carbocycles. The summed E-state index contributed by atoms with van der Waals surface area (Å²) in [6, 6.07) is 0. The maximum atomic E-state index is 5.01. The van der Waals surface area contributed by atoms with Crippen molar-refractivity contribution in [2.45, 2.75) is 47.0 Å². The van der Waals surface area contributed by atoms with E-state index in [4.69, 9.17) is 4.74 Å². The molecule has 4 nitrogen and oxygen atoms in total. The summed E-state index contributed by atoms with van der Waals surface area (Å²) in [7, 11) is 1.72. The Morgan fingerprint density at radius 2 is 1.89 bits per heavy atom. The maximum absolute atomic E-state index is 5.01. The van der Waals surface area contributed by atoms with Gasteiger partial charge in [-0.3, -0.25) is 4.99 Å². The maximum Gasteiger partial charge on any atom is 0.191 e. The van der Waals surface area contributed by atoms with Crippen LogP contribution in [0.5, 0.6) is 0 Å². The van der Waals surface area contributed by atoms with Gasteiger partial charge in [0.05, 0.1) is 0 Å². The largest absolute Gasteiger partial charge is 0.385 e. The number of methoxy groups -OCH3 is 1. The first-order valence-corrected chi connectivity index (χ1v) is 7.00. The van der Waals surface area contributed by atoms with Gasteiger partial charge >= 0.3 is 0 Å². The van der Waals surface area contributed by atoms with Crippen molar-refractivity contribution >= 4 is 5.96 Å². The smallest absolute Gasteiger partial charge is 0.191 e. The minimum Gasteiger partial charge on any atom is -0.385 e. The van der Waals surface area contributed by atoms with E-state index in [9.17, 15) is 0 Å². The van der Waals surface area contributed by atoms with Crippen molar-refractivity contribution in [3.05, 3.63) is 0 Å². The Bertz CT molecular complexity index is 222. The predicted molar refractivity (Wildman–Crippen MR) is 79.2 cm³/mol. The van der Waals surface area contributed by atoms with Crippen LogP contribution < -0.4 is 10.6 Å². The third-order valence-corrected chi connectivity index (χ3v) is 2.52. The van der Waals surface area contributed by atoms with Crippen LogP contribution >= 0.6 is 0 Å². The van der Waals surface area contributed by atoms with Crippen molar-refractivity contribution in [1.29, 1.82) is 0 Å². The highest BCUT2D eigenvalue weighted by Gasteiger charge is 2.08. The molecule has 4 heteroatoms. The number of nitrogens with one attached hydrogen (secondary N) is 2. The molecule has 0 aromatic carbocycles. The van der Waals surface area contributed by atoms with Crippen LogP contribution in [0.2, 0.25) is 0 Å². The Morgan fingerprint density at radius 1 is 1.17 bits per heavy atom. The van der Waals surface area contributed by atoms with E-state index in [0.29, 0.717) is 5.41 Å². The van der Waals surface area contributed by atoms with Gasteiger partial charge in [0.1, 0.15) is 0 Å². The van der Waals surface area contributed by atoms with Crippen molar-refractivity contribution in [2.24, 2.45) is 10.4 Å². The molecule has 0 saturated carbocycles. The Hall–Kier alpha value is -0.770. The minimum atomic E-state index is 0.412. The number of ether oxygens (including phenoxy) is 1. The summed E-state index contributed by atoms with van der Waals surface area (Å²) in [4.78, 5) is 4.50. The monoisotopic (exact) mass is 257 g/mol. The van der Waals surface area contributed by atoms with Gasteiger partial charge < -0.3 is 15.4 Å². The molecule has 0 rings (SSSR count). The first kappa shape index (κ1) is 17.2. The lowest BCUT2D eigenvalue weighted by atomic mass is 9.91. The number of aliphatic imine (C=N–C) groups is 1. The average Bonchev–Trinajstić information content (AvgIpc) is 2.28. The molecule has 0 amide bonds. The van der Waals surface area contributed by atoms with Crippen LogP contribution in [0.15, 0.2) is 4.99 Å². The SMILES string of the molecule is CCNC(=NCCCOC)NCCCC(C)(C)C. The number of guanidine groups is 1. The van der Waals surface area contributed by atoms with Crippen LogP contribution in [0, 0.1) is 5.41 Å². The molecule has 0 bridgehead atoms. The zero-order valence-corrected chi connectivity index (χ0v) is 12.8. The van der Waals surface area contributed by atoms with Gasteiger partial charge in [0.2, 0.25) is 0 Å². The Morgan fingerprint density at radius 3 is 2.44 bits per heavy atom. The molecular weight excluding hydrogens is 226 g/mol. The lowest BCUT2D eigenvalue weighted by Crippen LogP contribution is -2.38. The Labute approximate surface area is 113 Å². The van der Waals surface area contributed by atoms with Crippen LogP contribution in [0.25, 0.3) is 0 Å². The van der Waals surface area contributed by atoms with Crippen molar-refractivity contribution < 1.29 is 4.74 Å². The van der Waals surface area contributed by atoms with E-state index in [2.05, 4.69) is 43.3 Å². The first-order valence-electron chi connectivity index (χ1n) is 7.00. The van der Waals surface area contributed by atoms with E-state index < -0.39 is 0 Å². The zero-order valence-electron chi connectivity index (χ0n) is 12.8. The van der Waals surface area contributed by atoms with Crippen molar-refractivity contribution in [3.8, 4) is 0 Å². The quantitative estimate of drug-likeness (QED) is 0.399. The second kappa shape index (κ2) is 10.2. The molecule has 0 aliphatic rings. The molecule has 0 aromatic heterocycles. The van der Waals surface area contributed by atoms with Crippen LogP contribution in [-0.2, 0) is 4.74 Å². The molecule has 0 heterocycles. The Kier molecular flexibility index (Phi) is 9.74. The van der Waals surface area contributed by atoms with E-state index in [1.54, 1.807) is 7.11 Å². The summed E-state index contributed by atoms with van der Waals surface area (Å²) in [5.74, 6) is 0.919. The normalized spacial score (nSPS) is 12.6. The van der Waals surface area contributed by atoms with Crippen molar-refractivity contribution in [1.82, 2.24) is 10.6 Å². The highest BCUT2D eigenvalue weighted by molar-refractivity contribution is 5.79.